The summed E-state index contributed by atoms with van der Waals surface area (Å²) in [5.41, 5.74) is 1.21. The molecule has 1 aliphatic rings. The van der Waals surface area contributed by atoms with Gasteiger partial charge in [-0.05, 0) is 56.0 Å². The molecule has 3 heteroatoms. The Morgan fingerprint density at radius 3 is 2.78 bits per heavy atom. The lowest BCUT2D eigenvalue weighted by atomic mass is 9.97. The number of hydrogen-bond donors (Lipinski definition) is 1. The summed E-state index contributed by atoms with van der Waals surface area (Å²) in [6.07, 6.45) is 3.82. The highest BCUT2D eigenvalue weighted by Crippen LogP contribution is 2.15. The van der Waals surface area contributed by atoms with E-state index < -0.39 is 0 Å². The van der Waals surface area contributed by atoms with Crippen LogP contribution in [0, 0.1) is 5.92 Å². The highest BCUT2D eigenvalue weighted by atomic mass is 16.5. The molecule has 0 aliphatic carbocycles. The molecule has 0 amide bonds. The minimum absolute atomic E-state index is 0.699. The lowest BCUT2D eigenvalue weighted by Gasteiger charge is -2.22. The molecule has 0 spiro atoms. The van der Waals surface area contributed by atoms with E-state index in [2.05, 4.69) is 17.4 Å². The SMILES string of the molecule is COc1ccc(COCCC2CCCNC2)cc1. The largest absolute Gasteiger partial charge is 0.497 e. The van der Waals surface area contributed by atoms with E-state index in [4.69, 9.17) is 9.47 Å². The average molecular weight is 249 g/mol. The second-order valence-electron chi connectivity index (χ2n) is 4.90. The summed E-state index contributed by atoms with van der Waals surface area (Å²) in [4.78, 5) is 0. The van der Waals surface area contributed by atoms with Crippen LogP contribution in [0.3, 0.4) is 0 Å². The third kappa shape index (κ3) is 4.31. The molecule has 1 aliphatic heterocycles. The van der Waals surface area contributed by atoms with Crippen LogP contribution in [0.5, 0.6) is 5.75 Å². The Kier molecular flexibility index (Phi) is 5.49. The Bertz CT molecular complexity index is 331. The molecule has 0 radical (unpaired) electrons. The standard InChI is InChI=1S/C15H23NO2/c1-17-15-6-4-14(5-7-15)12-18-10-8-13-3-2-9-16-11-13/h4-7,13,16H,2-3,8-12H2,1H3. The van der Waals surface area contributed by atoms with Crippen molar-refractivity contribution in [3.63, 3.8) is 0 Å². The number of nitrogens with one attached hydrogen (secondary N) is 1. The maximum atomic E-state index is 5.73. The quantitative estimate of drug-likeness (QED) is 0.786. The van der Waals surface area contributed by atoms with E-state index in [0.717, 1.165) is 24.8 Å². The van der Waals surface area contributed by atoms with Crippen LogP contribution in [0.25, 0.3) is 0 Å². The number of piperidine rings is 1. The van der Waals surface area contributed by atoms with Crippen molar-refractivity contribution in [2.24, 2.45) is 5.92 Å². The summed E-state index contributed by atoms with van der Waals surface area (Å²) in [7, 11) is 1.68. The molecule has 0 bridgehead atoms. The van der Waals surface area contributed by atoms with Gasteiger partial charge in [-0.15, -0.1) is 0 Å². The minimum Gasteiger partial charge on any atom is -0.497 e. The molecule has 1 unspecified atom stereocenters. The fourth-order valence-corrected chi connectivity index (χ4v) is 2.33. The molecule has 2 rings (SSSR count). The van der Waals surface area contributed by atoms with Crippen molar-refractivity contribution in [3.8, 4) is 5.75 Å². The Balaban J connectivity index is 1.62. The number of benzene rings is 1. The van der Waals surface area contributed by atoms with Crippen molar-refractivity contribution in [2.75, 3.05) is 26.8 Å². The zero-order valence-corrected chi connectivity index (χ0v) is 11.2. The average Bonchev–Trinajstić information content (AvgIpc) is 2.45. The van der Waals surface area contributed by atoms with Gasteiger partial charge in [-0.25, -0.2) is 0 Å². The van der Waals surface area contributed by atoms with Crippen molar-refractivity contribution in [1.82, 2.24) is 5.32 Å². The third-order valence-electron chi connectivity index (χ3n) is 3.50. The molecule has 1 atom stereocenters. The van der Waals surface area contributed by atoms with Crippen LogP contribution in [-0.2, 0) is 11.3 Å². The molecule has 18 heavy (non-hydrogen) atoms. The first-order valence-electron chi connectivity index (χ1n) is 6.80. The summed E-state index contributed by atoms with van der Waals surface area (Å²) in [6, 6.07) is 8.06. The zero-order valence-electron chi connectivity index (χ0n) is 11.2. The van der Waals surface area contributed by atoms with Gasteiger partial charge in [0.05, 0.1) is 13.7 Å². The van der Waals surface area contributed by atoms with Crippen molar-refractivity contribution < 1.29 is 9.47 Å². The molecular weight excluding hydrogens is 226 g/mol. The summed E-state index contributed by atoms with van der Waals surface area (Å²) < 4.78 is 10.9. The van der Waals surface area contributed by atoms with Gasteiger partial charge in [0.15, 0.2) is 0 Å². The molecule has 1 aromatic rings. The molecule has 1 aromatic carbocycles. The lowest BCUT2D eigenvalue weighted by molar-refractivity contribution is 0.103. The van der Waals surface area contributed by atoms with Gasteiger partial charge < -0.3 is 14.8 Å². The molecule has 0 saturated carbocycles. The van der Waals surface area contributed by atoms with E-state index >= 15 is 0 Å². The molecule has 1 heterocycles. The topological polar surface area (TPSA) is 30.5 Å². The predicted molar refractivity (Wildman–Crippen MR) is 72.9 cm³/mol. The maximum absolute atomic E-state index is 5.73. The van der Waals surface area contributed by atoms with Gasteiger partial charge in [0.1, 0.15) is 5.75 Å². The van der Waals surface area contributed by atoms with Gasteiger partial charge in [0, 0.05) is 6.61 Å². The van der Waals surface area contributed by atoms with E-state index in [0.29, 0.717) is 6.61 Å². The first kappa shape index (κ1) is 13.4. The van der Waals surface area contributed by atoms with Gasteiger partial charge in [0.2, 0.25) is 0 Å². The Labute approximate surface area is 109 Å². The number of methoxy groups -OCH3 is 1. The van der Waals surface area contributed by atoms with Gasteiger partial charge in [-0.2, -0.15) is 0 Å². The van der Waals surface area contributed by atoms with Crippen LogP contribution in [0.4, 0.5) is 0 Å². The molecule has 1 saturated heterocycles. The smallest absolute Gasteiger partial charge is 0.118 e. The van der Waals surface area contributed by atoms with Crippen molar-refractivity contribution in [2.45, 2.75) is 25.9 Å². The van der Waals surface area contributed by atoms with Crippen LogP contribution < -0.4 is 10.1 Å². The summed E-state index contributed by atoms with van der Waals surface area (Å²) in [5.74, 6) is 1.70. The molecular formula is C15H23NO2. The molecule has 100 valence electrons. The van der Waals surface area contributed by atoms with Gasteiger partial charge in [-0.1, -0.05) is 12.1 Å². The normalized spacial score (nSPS) is 19.7. The molecule has 1 fully saturated rings. The third-order valence-corrected chi connectivity index (χ3v) is 3.50. The molecule has 0 aromatic heterocycles. The zero-order chi connectivity index (χ0) is 12.6. The second kappa shape index (κ2) is 7.39. The van der Waals surface area contributed by atoms with Crippen LogP contribution in [-0.4, -0.2) is 26.8 Å². The Morgan fingerprint density at radius 2 is 2.11 bits per heavy atom. The predicted octanol–water partition coefficient (Wildman–Crippen LogP) is 2.60. The van der Waals surface area contributed by atoms with Gasteiger partial charge in [0.25, 0.3) is 0 Å². The Morgan fingerprint density at radius 1 is 1.28 bits per heavy atom. The van der Waals surface area contributed by atoms with E-state index in [1.165, 1.54) is 31.4 Å². The van der Waals surface area contributed by atoms with Crippen molar-refractivity contribution in [1.29, 1.82) is 0 Å². The number of hydrogen-bond acceptors (Lipinski definition) is 3. The summed E-state index contributed by atoms with van der Waals surface area (Å²) >= 11 is 0. The Hall–Kier alpha value is -1.06. The minimum atomic E-state index is 0.699. The maximum Gasteiger partial charge on any atom is 0.118 e. The highest BCUT2D eigenvalue weighted by molar-refractivity contribution is 5.26. The first-order valence-corrected chi connectivity index (χ1v) is 6.80. The van der Waals surface area contributed by atoms with Crippen LogP contribution in [0.1, 0.15) is 24.8 Å². The van der Waals surface area contributed by atoms with E-state index in [9.17, 15) is 0 Å². The summed E-state index contributed by atoms with van der Waals surface area (Å²) in [6.45, 7) is 3.90. The monoisotopic (exact) mass is 249 g/mol. The van der Waals surface area contributed by atoms with E-state index in [1.807, 2.05) is 12.1 Å². The van der Waals surface area contributed by atoms with Crippen LogP contribution in [0.15, 0.2) is 24.3 Å². The molecule has 1 N–H and O–H groups in total. The van der Waals surface area contributed by atoms with E-state index in [1.54, 1.807) is 7.11 Å². The van der Waals surface area contributed by atoms with Gasteiger partial charge >= 0.3 is 0 Å². The lowest BCUT2D eigenvalue weighted by Crippen LogP contribution is -2.30. The fraction of sp³-hybridized carbons (Fsp3) is 0.600. The van der Waals surface area contributed by atoms with Crippen LogP contribution in [0.2, 0.25) is 0 Å². The van der Waals surface area contributed by atoms with Gasteiger partial charge in [-0.3, -0.25) is 0 Å². The fourth-order valence-electron chi connectivity index (χ4n) is 2.33. The first-order chi connectivity index (χ1) is 8.88. The van der Waals surface area contributed by atoms with Crippen molar-refractivity contribution >= 4 is 0 Å². The van der Waals surface area contributed by atoms with Crippen LogP contribution >= 0.6 is 0 Å². The highest BCUT2D eigenvalue weighted by Gasteiger charge is 2.12. The number of ether oxygens (including phenoxy) is 2. The molecule has 3 nitrogen and oxygen atoms in total. The van der Waals surface area contributed by atoms with E-state index in [-0.39, 0.29) is 0 Å². The summed E-state index contributed by atoms with van der Waals surface area (Å²) in [5, 5.41) is 3.44. The van der Waals surface area contributed by atoms with Crippen molar-refractivity contribution in [3.05, 3.63) is 29.8 Å². The second-order valence-corrected chi connectivity index (χ2v) is 4.90. The number of rotatable bonds is 6.